The van der Waals surface area contributed by atoms with Gasteiger partial charge in [-0.2, -0.15) is 5.10 Å². The molecule has 24 heavy (non-hydrogen) atoms. The predicted molar refractivity (Wildman–Crippen MR) is 81.4 cm³/mol. The Bertz CT molecular complexity index is 834. The molecule has 0 aliphatic rings. The molecule has 0 saturated carbocycles. The normalized spacial score (nSPS) is 10.4. The summed E-state index contributed by atoms with van der Waals surface area (Å²) in [6, 6.07) is 4.83. The second-order valence-corrected chi connectivity index (χ2v) is 4.89. The monoisotopic (exact) mass is 335 g/mol. The van der Waals surface area contributed by atoms with Gasteiger partial charge in [-0.1, -0.05) is 13.3 Å². The number of hydrogen-bond donors (Lipinski definition) is 0. The van der Waals surface area contributed by atoms with Crippen LogP contribution in [0.3, 0.4) is 0 Å². The van der Waals surface area contributed by atoms with Crippen LogP contribution in [-0.4, -0.2) is 20.7 Å². The number of nitro benzene ring substituents is 1. The first kappa shape index (κ1) is 17.3. The molecule has 8 nitrogen and oxygen atoms in total. The second-order valence-electron chi connectivity index (χ2n) is 4.89. The van der Waals surface area contributed by atoms with Gasteiger partial charge in [-0.25, -0.2) is 13.9 Å². The highest BCUT2D eigenvalue weighted by atomic mass is 19.1. The lowest BCUT2D eigenvalue weighted by Gasteiger charge is -2.07. The zero-order chi connectivity index (χ0) is 17.7. The number of rotatable bonds is 6. The van der Waals surface area contributed by atoms with Gasteiger partial charge in [0, 0.05) is 24.7 Å². The third kappa shape index (κ3) is 4.00. The van der Waals surface area contributed by atoms with Crippen molar-refractivity contribution < 1.29 is 18.8 Å². The van der Waals surface area contributed by atoms with E-state index in [0.717, 1.165) is 41.4 Å². The van der Waals surface area contributed by atoms with E-state index in [1.807, 2.05) is 6.92 Å². The van der Waals surface area contributed by atoms with Gasteiger partial charge in [-0.15, -0.1) is 0 Å². The Morgan fingerprint density at radius 2 is 2.12 bits per heavy atom. The largest absolute Gasteiger partial charge is 0.414 e. The van der Waals surface area contributed by atoms with Crippen LogP contribution in [0, 0.1) is 15.9 Å². The van der Waals surface area contributed by atoms with Crippen LogP contribution in [0.1, 0.15) is 30.3 Å². The van der Waals surface area contributed by atoms with Gasteiger partial charge < -0.3 is 4.74 Å². The number of carbonyl (C=O) groups excluding carboxylic acids is 1. The first-order valence-corrected chi connectivity index (χ1v) is 7.16. The minimum absolute atomic E-state index is 0.204. The van der Waals surface area contributed by atoms with Crippen molar-refractivity contribution in [3.8, 4) is 5.75 Å². The number of ether oxygens (including phenoxy) is 1. The van der Waals surface area contributed by atoms with Crippen molar-refractivity contribution >= 4 is 11.7 Å². The van der Waals surface area contributed by atoms with E-state index in [-0.39, 0.29) is 11.3 Å². The summed E-state index contributed by atoms with van der Waals surface area (Å²) >= 11 is 0. The molecule has 1 aromatic carbocycles. The summed E-state index contributed by atoms with van der Waals surface area (Å²) in [5.74, 6) is -2.34. The SMILES string of the molecule is CCCCn1nc(C(=O)Oc2cc(F)ccc2[N+](=O)[O-])ccc1=O. The number of hydrogen-bond acceptors (Lipinski definition) is 6. The number of benzene rings is 1. The van der Waals surface area contributed by atoms with Crippen LogP contribution in [0.2, 0.25) is 0 Å². The van der Waals surface area contributed by atoms with E-state index in [1.54, 1.807) is 0 Å². The maximum absolute atomic E-state index is 13.2. The lowest BCUT2D eigenvalue weighted by Crippen LogP contribution is -2.25. The van der Waals surface area contributed by atoms with Crippen LogP contribution < -0.4 is 10.3 Å². The van der Waals surface area contributed by atoms with Crippen LogP contribution in [-0.2, 0) is 6.54 Å². The average molecular weight is 335 g/mol. The quantitative estimate of drug-likeness (QED) is 0.347. The van der Waals surface area contributed by atoms with Crippen molar-refractivity contribution in [1.29, 1.82) is 0 Å². The third-order valence-electron chi connectivity index (χ3n) is 3.12. The fraction of sp³-hybridized carbons (Fsp3) is 0.267. The van der Waals surface area contributed by atoms with Crippen LogP contribution in [0.5, 0.6) is 5.75 Å². The van der Waals surface area contributed by atoms with Gasteiger partial charge in [0.2, 0.25) is 5.75 Å². The van der Waals surface area contributed by atoms with Crippen molar-refractivity contribution in [1.82, 2.24) is 9.78 Å². The minimum Gasteiger partial charge on any atom is -0.414 e. The third-order valence-corrected chi connectivity index (χ3v) is 3.12. The maximum atomic E-state index is 13.2. The Hall–Kier alpha value is -3.10. The molecule has 0 atom stereocenters. The molecule has 0 radical (unpaired) electrons. The molecular formula is C15H14FN3O5. The number of unbranched alkanes of at least 4 members (excludes halogenated alkanes) is 1. The van der Waals surface area contributed by atoms with Gasteiger partial charge >= 0.3 is 11.7 Å². The molecule has 2 rings (SSSR count). The predicted octanol–water partition coefficient (Wildman–Crippen LogP) is 2.31. The molecular weight excluding hydrogens is 321 g/mol. The Labute approximate surface area is 135 Å². The number of carbonyl (C=O) groups is 1. The van der Waals surface area contributed by atoms with E-state index in [1.165, 1.54) is 0 Å². The van der Waals surface area contributed by atoms with Gasteiger partial charge in [-0.3, -0.25) is 14.9 Å². The lowest BCUT2D eigenvalue weighted by molar-refractivity contribution is -0.385. The van der Waals surface area contributed by atoms with Gasteiger partial charge in [0.05, 0.1) is 4.92 Å². The summed E-state index contributed by atoms with van der Waals surface area (Å²) < 4.78 is 19.2. The molecule has 2 aromatic rings. The van der Waals surface area contributed by atoms with E-state index in [0.29, 0.717) is 13.0 Å². The van der Waals surface area contributed by atoms with Crippen LogP contribution in [0.15, 0.2) is 35.1 Å². The van der Waals surface area contributed by atoms with Gasteiger partial charge in [0.1, 0.15) is 5.82 Å². The van der Waals surface area contributed by atoms with Crippen molar-refractivity contribution in [2.24, 2.45) is 0 Å². The molecule has 0 fully saturated rings. The van der Waals surface area contributed by atoms with Crippen molar-refractivity contribution in [3.05, 3.63) is 62.3 Å². The Morgan fingerprint density at radius 1 is 1.38 bits per heavy atom. The van der Waals surface area contributed by atoms with Crippen LogP contribution >= 0.6 is 0 Å². The first-order valence-electron chi connectivity index (χ1n) is 7.16. The molecule has 0 aliphatic carbocycles. The molecule has 0 aliphatic heterocycles. The lowest BCUT2D eigenvalue weighted by atomic mass is 10.3. The molecule has 126 valence electrons. The standard InChI is InChI=1S/C15H14FN3O5/c1-2-3-8-18-14(20)7-5-11(17-18)15(21)24-13-9-10(16)4-6-12(13)19(22)23/h4-7,9H,2-3,8H2,1H3. The summed E-state index contributed by atoms with van der Waals surface area (Å²) in [4.78, 5) is 33.9. The van der Waals surface area contributed by atoms with Gasteiger partial charge in [-0.05, 0) is 18.6 Å². The number of esters is 1. The molecule has 0 bridgehead atoms. The highest BCUT2D eigenvalue weighted by Crippen LogP contribution is 2.28. The summed E-state index contributed by atoms with van der Waals surface area (Å²) in [7, 11) is 0. The topological polar surface area (TPSA) is 104 Å². The molecule has 0 amide bonds. The van der Waals surface area contributed by atoms with Gasteiger partial charge in [0.15, 0.2) is 5.69 Å². The van der Waals surface area contributed by atoms with E-state index in [4.69, 9.17) is 4.74 Å². The molecule has 0 saturated heterocycles. The number of nitro groups is 1. The number of aryl methyl sites for hydroxylation is 1. The molecule has 9 heteroatoms. The van der Waals surface area contributed by atoms with Crippen molar-refractivity contribution in [3.63, 3.8) is 0 Å². The highest BCUT2D eigenvalue weighted by Gasteiger charge is 2.21. The fourth-order valence-electron chi connectivity index (χ4n) is 1.90. The minimum atomic E-state index is -1.02. The zero-order valence-corrected chi connectivity index (χ0v) is 12.8. The van der Waals surface area contributed by atoms with E-state index >= 15 is 0 Å². The van der Waals surface area contributed by atoms with E-state index in [9.17, 15) is 24.1 Å². The Kier molecular flexibility index (Phi) is 5.35. The molecule has 0 N–H and O–H groups in total. The summed E-state index contributed by atoms with van der Waals surface area (Å²) in [5, 5.41) is 14.8. The Morgan fingerprint density at radius 3 is 2.79 bits per heavy atom. The highest BCUT2D eigenvalue weighted by molar-refractivity contribution is 5.89. The van der Waals surface area contributed by atoms with E-state index in [2.05, 4.69) is 5.10 Å². The van der Waals surface area contributed by atoms with Gasteiger partial charge in [0.25, 0.3) is 5.56 Å². The molecule has 0 spiro atoms. The van der Waals surface area contributed by atoms with Crippen LogP contribution in [0.4, 0.5) is 10.1 Å². The number of halogens is 1. The maximum Gasteiger partial charge on any atom is 0.364 e. The van der Waals surface area contributed by atoms with Crippen LogP contribution in [0.25, 0.3) is 0 Å². The number of aromatic nitrogens is 2. The van der Waals surface area contributed by atoms with E-state index < -0.39 is 28.1 Å². The van der Waals surface area contributed by atoms with Crippen molar-refractivity contribution in [2.45, 2.75) is 26.3 Å². The summed E-state index contributed by atoms with van der Waals surface area (Å²) in [5.41, 5.74) is -1.13. The Balaban J connectivity index is 2.29. The molecule has 1 heterocycles. The summed E-state index contributed by atoms with van der Waals surface area (Å²) in [6.07, 6.45) is 1.53. The smallest absolute Gasteiger partial charge is 0.364 e. The number of nitrogens with zero attached hydrogens (tertiary/aromatic N) is 3. The second kappa shape index (κ2) is 7.44. The fourth-order valence-corrected chi connectivity index (χ4v) is 1.90. The first-order chi connectivity index (χ1) is 11.4. The molecule has 0 unspecified atom stereocenters. The summed E-state index contributed by atoms with van der Waals surface area (Å²) in [6.45, 7) is 2.27. The zero-order valence-electron chi connectivity index (χ0n) is 12.8. The molecule has 1 aromatic heterocycles. The van der Waals surface area contributed by atoms with Crippen molar-refractivity contribution in [2.75, 3.05) is 0 Å². The average Bonchev–Trinajstić information content (AvgIpc) is 2.53.